The molecule has 5 nitrogen and oxygen atoms in total. The Morgan fingerprint density at radius 3 is 2.44 bits per heavy atom. The molecular formula is C10H22N2O3S. The molecule has 1 atom stereocenters. The van der Waals surface area contributed by atoms with Gasteiger partial charge in [-0.15, -0.1) is 0 Å². The van der Waals surface area contributed by atoms with Crippen molar-refractivity contribution in [2.24, 2.45) is 0 Å². The van der Waals surface area contributed by atoms with Crippen LogP contribution < -0.4 is 10.6 Å². The number of hydrogen-bond donors (Lipinski definition) is 2. The Kier molecular flexibility index (Phi) is 7.33. The Balaban J connectivity index is 3.74. The highest BCUT2D eigenvalue weighted by Crippen LogP contribution is 1.91. The van der Waals surface area contributed by atoms with Crippen molar-refractivity contribution in [3.05, 3.63) is 0 Å². The minimum atomic E-state index is -2.98. The molecule has 0 aliphatic rings. The van der Waals surface area contributed by atoms with Gasteiger partial charge in [-0.05, 0) is 13.5 Å². The lowest BCUT2D eigenvalue weighted by molar-refractivity contribution is -0.121. The van der Waals surface area contributed by atoms with Crippen LogP contribution in [0.25, 0.3) is 0 Å². The average molecular weight is 250 g/mol. The fourth-order valence-corrected chi connectivity index (χ4v) is 1.96. The molecular weight excluding hydrogens is 228 g/mol. The van der Waals surface area contributed by atoms with Crippen molar-refractivity contribution in [3.63, 3.8) is 0 Å². The van der Waals surface area contributed by atoms with Gasteiger partial charge in [-0.1, -0.05) is 13.8 Å². The molecule has 0 spiro atoms. The number of carbonyl (C=O) groups excluding carboxylic acids is 1. The first-order valence-corrected chi connectivity index (χ1v) is 7.44. The first kappa shape index (κ1) is 15.4. The number of carbonyl (C=O) groups is 1. The van der Waals surface area contributed by atoms with E-state index in [-0.39, 0.29) is 30.0 Å². The summed E-state index contributed by atoms with van der Waals surface area (Å²) in [7, 11) is -2.98. The lowest BCUT2D eigenvalue weighted by atomic mass is 10.2. The molecule has 16 heavy (non-hydrogen) atoms. The SMILES string of the molecule is CCNC(C)CC(=O)NCCS(=O)(=O)CC. The maximum Gasteiger partial charge on any atom is 0.221 e. The predicted molar refractivity (Wildman–Crippen MR) is 65.1 cm³/mol. The van der Waals surface area contributed by atoms with Crippen LogP contribution in [-0.2, 0) is 14.6 Å². The molecule has 0 saturated carbocycles. The predicted octanol–water partition coefficient (Wildman–Crippen LogP) is -0.0746. The molecule has 0 aliphatic heterocycles. The summed E-state index contributed by atoms with van der Waals surface area (Å²) in [6.45, 7) is 6.52. The molecule has 2 N–H and O–H groups in total. The van der Waals surface area contributed by atoms with Crippen molar-refractivity contribution >= 4 is 15.7 Å². The molecule has 0 aliphatic carbocycles. The molecule has 0 aromatic heterocycles. The summed E-state index contributed by atoms with van der Waals surface area (Å²) in [5.41, 5.74) is 0. The van der Waals surface area contributed by atoms with Crippen LogP contribution >= 0.6 is 0 Å². The van der Waals surface area contributed by atoms with Gasteiger partial charge in [-0.25, -0.2) is 8.42 Å². The van der Waals surface area contributed by atoms with E-state index in [9.17, 15) is 13.2 Å². The zero-order valence-electron chi connectivity index (χ0n) is 10.2. The highest BCUT2D eigenvalue weighted by Gasteiger charge is 2.10. The number of amides is 1. The van der Waals surface area contributed by atoms with E-state index in [0.717, 1.165) is 6.54 Å². The quantitative estimate of drug-likeness (QED) is 0.632. The fraction of sp³-hybridized carbons (Fsp3) is 0.900. The average Bonchev–Trinajstić information content (AvgIpc) is 2.17. The van der Waals surface area contributed by atoms with Crippen LogP contribution in [0.3, 0.4) is 0 Å². The standard InChI is InChI=1S/C10H22N2O3S/c1-4-11-9(3)8-10(13)12-6-7-16(14,15)5-2/h9,11H,4-8H2,1-3H3,(H,12,13). The second-order valence-corrected chi connectivity index (χ2v) is 6.22. The third kappa shape index (κ3) is 7.64. The Labute approximate surface area is 97.9 Å². The van der Waals surface area contributed by atoms with Crippen LogP contribution in [0.1, 0.15) is 27.2 Å². The molecule has 0 rings (SSSR count). The summed E-state index contributed by atoms with van der Waals surface area (Å²) in [5, 5.41) is 5.72. The monoisotopic (exact) mass is 250 g/mol. The van der Waals surface area contributed by atoms with E-state index in [1.807, 2.05) is 13.8 Å². The number of sulfone groups is 1. The summed E-state index contributed by atoms with van der Waals surface area (Å²) in [5.74, 6) is 0.0290. The highest BCUT2D eigenvalue weighted by molar-refractivity contribution is 7.91. The first-order valence-electron chi connectivity index (χ1n) is 5.61. The summed E-state index contributed by atoms with van der Waals surface area (Å²) in [6.07, 6.45) is 0.375. The zero-order valence-corrected chi connectivity index (χ0v) is 11.1. The largest absolute Gasteiger partial charge is 0.355 e. The molecule has 0 radical (unpaired) electrons. The summed E-state index contributed by atoms with van der Waals surface area (Å²) < 4.78 is 22.3. The third-order valence-corrected chi connectivity index (χ3v) is 3.93. The van der Waals surface area contributed by atoms with Crippen LogP contribution in [-0.4, -0.2) is 45.0 Å². The van der Waals surface area contributed by atoms with Crippen molar-refractivity contribution < 1.29 is 13.2 Å². The van der Waals surface area contributed by atoms with Crippen LogP contribution in [0.15, 0.2) is 0 Å². The van der Waals surface area contributed by atoms with Crippen molar-refractivity contribution in [2.45, 2.75) is 33.2 Å². The van der Waals surface area contributed by atoms with Gasteiger partial charge in [0.2, 0.25) is 5.91 Å². The molecule has 0 bridgehead atoms. The first-order chi connectivity index (χ1) is 7.41. The van der Waals surface area contributed by atoms with Crippen molar-refractivity contribution in [1.29, 1.82) is 0 Å². The highest BCUT2D eigenvalue weighted by atomic mass is 32.2. The molecule has 1 unspecified atom stereocenters. The maximum atomic E-state index is 11.4. The van der Waals surface area contributed by atoms with E-state index in [2.05, 4.69) is 10.6 Å². The molecule has 96 valence electrons. The van der Waals surface area contributed by atoms with Gasteiger partial charge in [-0.3, -0.25) is 4.79 Å². The van der Waals surface area contributed by atoms with Crippen LogP contribution in [0.2, 0.25) is 0 Å². The summed E-state index contributed by atoms with van der Waals surface area (Å²) >= 11 is 0. The summed E-state index contributed by atoms with van der Waals surface area (Å²) in [6, 6.07) is 0.118. The van der Waals surface area contributed by atoms with Gasteiger partial charge in [0, 0.05) is 24.8 Å². The molecule has 1 amide bonds. The van der Waals surface area contributed by atoms with E-state index in [0.29, 0.717) is 6.42 Å². The van der Waals surface area contributed by atoms with Gasteiger partial charge in [-0.2, -0.15) is 0 Å². The molecule has 0 aromatic carbocycles. The number of rotatable bonds is 8. The summed E-state index contributed by atoms with van der Waals surface area (Å²) in [4.78, 5) is 11.4. The van der Waals surface area contributed by atoms with Gasteiger partial charge in [0.15, 0.2) is 9.84 Å². The topological polar surface area (TPSA) is 75.3 Å². The minimum Gasteiger partial charge on any atom is -0.355 e. The Bertz CT molecular complexity index is 301. The molecule has 0 aromatic rings. The Morgan fingerprint density at radius 2 is 1.94 bits per heavy atom. The van der Waals surface area contributed by atoms with Crippen molar-refractivity contribution in [2.75, 3.05) is 24.6 Å². The second-order valence-electron chi connectivity index (χ2n) is 3.75. The number of hydrogen-bond acceptors (Lipinski definition) is 4. The van der Waals surface area contributed by atoms with Gasteiger partial charge in [0.1, 0.15) is 0 Å². The molecule has 6 heteroatoms. The van der Waals surface area contributed by atoms with Crippen molar-refractivity contribution in [1.82, 2.24) is 10.6 Å². The van der Waals surface area contributed by atoms with Crippen LogP contribution in [0, 0.1) is 0 Å². The zero-order chi connectivity index (χ0) is 12.6. The maximum absolute atomic E-state index is 11.4. The fourth-order valence-electron chi connectivity index (χ4n) is 1.26. The van der Waals surface area contributed by atoms with E-state index < -0.39 is 9.84 Å². The van der Waals surface area contributed by atoms with Gasteiger partial charge in [0.05, 0.1) is 5.75 Å². The van der Waals surface area contributed by atoms with E-state index >= 15 is 0 Å². The smallest absolute Gasteiger partial charge is 0.221 e. The molecule has 0 saturated heterocycles. The Hall–Kier alpha value is -0.620. The van der Waals surface area contributed by atoms with Gasteiger partial charge >= 0.3 is 0 Å². The normalized spacial score (nSPS) is 13.4. The minimum absolute atomic E-state index is 0.0187. The van der Waals surface area contributed by atoms with Gasteiger partial charge in [0.25, 0.3) is 0 Å². The molecule has 0 fully saturated rings. The third-order valence-electron chi connectivity index (χ3n) is 2.22. The van der Waals surface area contributed by atoms with Crippen LogP contribution in [0.5, 0.6) is 0 Å². The van der Waals surface area contributed by atoms with Gasteiger partial charge < -0.3 is 10.6 Å². The van der Waals surface area contributed by atoms with E-state index in [4.69, 9.17) is 0 Å². The van der Waals surface area contributed by atoms with E-state index in [1.54, 1.807) is 6.92 Å². The second kappa shape index (κ2) is 7.62. The van der Waals surface area contributed by atoms with E-state index in [1.165, 1.54) is 0 Å². The Morgan fingerprint density at radius 1 is 1.31 bits per heavy atom. The molecule has 0 heterocycles. The number of nitrogens with one attached hydrogen (secondary N) is 2. The lowest BCUT2D eigenvalue weighted by Gasteiger charge is -2.11. The van der Waals surface area contributed by atoms with Crippen molar-refractivity contribution in [3.8, 4) is 0 Å². The lowest BCUT2D eigenvalue weighted by Crippen LogP contribution is -2.35. The van der Waals surface area contributed by atoms with Crippen LogP contribution in [0.4, 0.5) is 0 Å².